The summed E-state index contributed by atoms with van der Waals surface area (Å²) < 4.78 is 28.4. The molecule has 6 heteroatoms. The molecule has 0 aliphatic carbocycles. The Morgan fingerprint density at radius 1 is 1.33 bits per heavy atom. The maximum absolute atomic E-state index is 12.3. The van der Waals surface area contributed by atoms with Crippen LogP contribution in [0.2, 0.25) is 0 Å². The van der Waals surface area contributed by atoms with Crippen molar-refractivity contribution in [1.82, 2.24) is 4.90 Å². The van der Waals surface area contributed by atoms with Crippen molar-refractivity contribution in [3.05, 3.63) is 29.8 Å². The van der Waals surface area contributed by atoms with Crippen molar-refractivity contribution >= 4 is 5.91 Å². The maximum atomic E-state index is 12.3. The van der Waals surface area contributed by atoms with E-state index in [1.165, 1.54) is 12.1 Å². The summed E-state index contributed by atoms with van der Waals surface area (Å²) in [4.78, 5) is 14.0. The van der Waals surface area contributed by atoms with Crippen LogP contribution in [-0.4, -0.2) is 41.7 Å². The van der Waals surface area contributed by atoms with E-state index >= 15 is 0 Å². The van der Waals surface area contributed by atoms with Crippen LogP contribution in [0, 0.1) is 0 Å². The summed E-state index contributed by atoms with van der Waals surface area (Å²) in [5.41, 5.74) is 0.740. The minimum Gasteiger partial charge on any atom is -0.435 e. The maximum Gasteiger partial charge on any atom is 0.387 e. The molecule has 1 aliphatic heterocycles. The molecule has 1 aromatic rings. The Morgan fingerprint density at radius 3 is 2.67 bits per heavy atom. The van der Waals surface area contributed by atoms with E-state index in [9.17, 15) is 18.7 Å². The Bertz CT molecular complexity index is 464. The smallest absolute Gasteiger partial charge is 0.387 e. The number of ether oxygens (including phenoxy) is 1. The minimum absolute atomic E-state index is 0.0209. The third-order valence-electron chi connectivity index (χ3n) is 3.66. The minimum atomic E-state index is -2.85. The first-order valence-electron chi connectivity index (χ1n) is 7.04. The molecule has 1 aromatic carbocycles. The quantitative estimate of drug-likeness (QED) is 0.907. The van der Waals surface area contributed by atoms with Gasteiger partial charge in [-0.05, 0) is 37.0 Å². The lowest BCUT2D eigenvalue weighted by Gasteiger charge is -2.34. The van der Waals surface area contributed by atoms with E-state index < -0.39 is 6.61 Å². The molecule has 1 amide bonds. The Morgan fingerprint density at radius 2 is 2.05 bits per heavy atom. The van der Waals surface area contributed by atoms with Gasteiger partial charge in [0.1, 0.15) is 5.75 Å². The standard InChI is InChI=1S/C15H19F2NO3/c16-15(17)21-13-6-4-11(5-7-13)9-14(20)18-8-2-1-3-12(18)10-19/h4-7,12,15,19H,1-3,8-10H2. The molecule has 0 aromatic heterocycles. The third kappa shape index (κ3) is 4.39. The largest absolute Gasteiger partial charge is 0.435 e. The molecule has 1 N–H and O–H groups in total. The lowest BCUT2D eigenvalue weighted by atomic mass is 10.0. The van der Waals surface area contributed by atoms with Gasteiger partial charge in [0.2, 0.25) is 5.91 Å². The van der Waals surface area contributed by atoms with Crippen molar-refractivity contribution in [2.75, 3.05) is 13.2 Å². The predicted molar refractivity (Wildman–Crippen MR) is 73.2 cm³/mol. The zero-order chi connectivity index (χ0) is 15.2. The number of benzene rings is 1. The van der Waals surface area contributed by atoms with Crippen LogP contribution in [0.1, 0.15) is 24.8 Å². The van der Waals surface area contributed by atoms with Gasteiger partial charge in [0.05, 0.1) is 19.1 Å². The summed E-state index contributed by atoms with van der Waals surface area (Å²) in [5, 5.41) is 9.32. The van der Waals surface area contributed by atoms with Crippen molar-refractivity contribution in [2.24, 2.45) is 0 Å². The summed E-state index contributed by atoms with van der Waals surface area (Å²) in [7, 11) is 0. The van der Waals surface area contributed by atoms with Crippen molar-refractivity contribution < 1.29 is 23.4 Å². The van der Waals surface area contributed by atoms with Crippen LogP contribution in [0.15, 0.2) is 24.3 Å². The van der Waals surface area contributed by atoms with Crippen LogP contribution in [0.25, 0.3) is 0 Å². The number of halogens is 2. The molecule has 1 heterocycles. The number of hydrogen-bond donors (Lipinski definition) is 1. The van der Waals surface area contributed by atoms with Crippen molar-refractivity contribution in [1.29, 1.82) is 0 Å². The molecular weight excluding hydrogens is 280 g/mol. The highest BCUT2D eigenvalue weighted by Crippen LogP contribution is 2.19. The number of hydrogen-bond acceptors (Lipinski definition) is 3. The van der Waals surface area contributed by atoms with Gasteiger partial charge in [-0.15, -0.1) is 0 Å². The van der Waals surface area contributed by atoms with E-state index in [1.54, 1.807) is 17.0 Å². The van der Waals surface area contributed by atoms with Crippen LogP contribution in [0.4, 0.5) is 8.78 Å². The average Bonchev–Trinajstić information content (AvgIpc) is 2.48. The van der Waals surface area contributed by atoms with E-state index in [2.05, 4.69) is 4.74 Å². The molecule has 1 aliphatic rings. The molecule has 1 fully saturated rings. The van der Waals surface area contributed by atoms with Gasteiger partial charge in [0.25, 0.3) is 0 Å². The number of aliphatic hydroxyl groups is 1. The highest BCUT2D eigenvalue weighted by Gasteiger charge is 2.25. The van der Waals surface area contributed by atoms with Crippen LogP contribution in [0.5, 0.6) is 5.75 Å². The molecular formula is C15H19F2NO3. The first kappa shape index (κ1) is 15.7. The fourth-order valence-corrected chi connectivity index (χ4v) is 2.58. The zero-order valence-electron chi connectivity index (χ0n) is 11.7. The summed E-state index contributed by atoms with van der Waals surface area (Å²) >= 11 is 0. The van der Waals surface area contributed by atoms with Crippen molar-refractivity contribution in [2.45, 2.75) is 38.3 Å². The van der Waals surface area contributed by atoms with Gasteiger partial charge >= 0.3 is 6.61 Å². The van der Waals surface area contributed by atoms with Crippen LogP contribution in [-0.2, 0) is 11.2 Å². The first-order valence-corrected chi connectivity index (χ1v) is 7.04. The second-order valence-corrected chi connectivity index (χ2v) is 5.12. The van der Waals surface area contributed by atoms with E-state index in [0.717, 1.165) is 24.8 Å². The molecule has 0 radical (unpaired) electrons. The van der Waals surface area contributed by atoms with Gasteiger partial charge in [-0.3, -0.25) is 4.79 Å². The number of carbonyl (C=O) groups is 1. The second-order valence-electron chi connectivity index (χ2n) is 5.12. The first-order chi connectivity index (χ1) is 10.1. The van der Waals surface area contributed by atoms with Gasteiger partial charge in [0, 0.05) is 6.54 Å². The number of rotatable bonds is 5. The highest BCUT2D eigenvalue weighted by molar-refractivity contribution is 5.79. The van der Waals surface area contributed by atoms with Gasteiger partial charge in [-0.25, -0.2) is 0 Å². The molecule has 116 valence electrons. The molecule has 1 saturated heterocycles. The number of amides is 1. The van der Waals surface area contributed by atoms with Gasteiger partial charge in [0.15, 0.2) is 0 Å². The van der Waals surface area contributed by atoms with Crippen LogP contribution < -0.4 is 4.74 Å². The molecule has 4 nitrogen and oxygen atoms in total. The van der Waals surface area contributed by atoms with Gasteiger partial charge in [-0.1, -0.05) is 12.1 Å². The molecule has 0 bridgehead atoms. The molecule has 1 atom stereocenters. The predicted octanol–water partition coefficient (Wildman–Crippen LogP) is 2.20. The fourth-order valence-electron chi connectivity index (χ4n) is 2.58. The molecule has 2 rings (SSSR count). The number of alkyl halides is 2. The zero-order valence-corrected chi connectivity index (χ0v) is 11.7. The van der Waals surface area contributed by atoms with Gasteiger partial charge < -0.3 is 14.7 Å². The van der Waals surface area contributed by atoms with E-state index in [4.69, 9.17) is 0 Å². The molecule has 0 spiro atoms. The van der Waals surface area contributed by atoms with Crippen LogP contribution >= 0.6 is 0 Å². The number of carbonyl (C=O) groups excluding carboxylic acids is 1. The average molecular weight is 299 g/mol. The normalized spacial score (nSPS) is 18.9. The molecule has 0 saturated carbocycles. The monoisotopic (exact) mass is 299 g/mol. The Balaban J connectivity index is 1.95. The third-order valence-corrected chi connectivity index (χ3v) is 3.66. The van der Waals surface area contributed by atoms with Crippen molar-refractivity contribution in [3.63, 3.8) is 0 Å². The number of nitrogens with zero attached hydrogens (tertiary/aromatic N) is 1. The van der Waals surface area contributed by atoms with E-state index in [0.29, 0.717) is 6.54 Å². The SMILES string of the molecule is O=C(Cc1ccc(OC(F)F)cc1)N1CCCCC1CO. The Kier molecular flexibility index (Phi) is 5.50. The van der Waals surface area contributed by atoms with Crippen molar-refractivity contribution in [3.8, 4) is 5.75 Å². The number of likely N-dealkylation sites (tertiary alicyclic amines) is 1. The Hall–Kier alpha value is -1.69. The second kappa shape index (κ2) is 7.36. The van der Waals surface area contributed by atoms with Crippen LogP contribution in [0.3, 0.4) is 0 Å². The fraction of sp³-hybridized carbons (Fsp3) is 0.533. The van der Waals surface area contributed by atoms with Gasteiger partial charge in [-0.2, -0.15) is 8.78 Å². The highest BCUT2D eigenvalue weighted by atomic mass is 19.3. The van der Waals surface area contributed by atoms with E-state index in [-0.39, 0.29) is 30.7 Å². The Labute approximate surface area is 122 Å². The lowest BCUT2D eigenvalue weighted by molar-refractivity contribution is -0.135. The lowest BCUT2D eigenvalue weighted by Crippen LogP contribution is -2.46. The topological polar surface area (TPSA) is 49.8 Å². The summed E-state index contributed by atoms with van der Waals surface area (Å²) in [6, 6.07) is 5.96. The summed E-state index contributed by atoms with van der Waals surface area (Å²) in [5.74, 6) is 0.0312. The number of piperidine rings is 1. The summed E-state index contributed by atoms with van der Waals surface area (Å²) in [6.45, 7) is -2.21. The summed E-state index contributed by atoms with van der Waals surface area (Å²) in [6.07, 6.45) is 2.99. The van der Waals surface area contributed by atoms with E-state index in [1.807, 2.05) is 0 Å². The molecule has 1 unspecified atom stereocenters. The molecule has 21 heavy (non-hydrogen) atoms. The number of aliphatic hydroxyl groups excluding tert-OH is 1.